The summed E-state index contributed by atoms with van der Waals surface area (Å²) in [7, 11) is 1.70. The Labute approximate surface area is 109 Å². The zero-order chi connectivity index (χ0) is 12.5. The van der Waals surface area contributed by atoms with Gasteiger partial charge in [0.25, 0.3) is 0 Å². The molecule has 2 heterocycles. The molecule has 3 rings (SSSR count). The standard InChI is InChI=1S/C13H13N3OS/c1-17-7-9-6-14-12-10(9)4-3-8-5-15-13(18-2)16-11(8)12/h3-6H,7H2,1-2H3,(H,15,16). The van der Waals surface area contributed by atoms with E-state index < -0.39 is 0 Å². The van der Waals surface area contributed by atoms with Crippen LogP contribution >= 0.6 is 11.8 Å². The molecule has 0 radical (unpaired) electrons. The van der Waals surface area contributed by atoms with Crippen molar-refractivity contribution >= 4 is 33.6 Å². The van der Waals surface area contributed by atoms with Gasteiger partial charge in [-0.15, -0.1) is 0 Å². The van der Waals surface area contributed by atoms with Crippen molar-refractivity contribution in [3.63, 3.8) is 0 Å². The Hall–Kier alpha value is -1.59. The molecule has 0 saturated heterocycles. The summed E-state index contributed by atoms with van der Waals surface area (Å²) in [4.78, 5) is 12.1. The van der Waals surface area contributed by atoms with Gasteiger partial charge in [0.05, 0.1) is 17.6 Å². The first-order valence-corrected chi connectivity index (χ1v) is 6.84. The minimum absolute atomic E-state index is 0.586. The summed E-state index contributed by atoms with van der Waals surface area (Å²) < 4.78 is 5.18. The minimum atomic E-state index is 0.586. The molecule has 0 saturated carbocycles. The molecule has 2 aromatic heterocycles. The Morgan fingerprint density at radius 1 is 1.28 bits per heavy atom. The van der Waals surface area contributed by atoms with E-state index in [0.717, 1.165) is 32.5 Å². The molecule has 0 bridgehead atoms. The predicted molar refractivity (Wildman–Crippen MR) is 73.9 cm³/mol. The summed E-state index contributed by atoms with van der Waals surface area (Å²) in [5.41, 5.74) is 3.14. The number of thioether (sulfide) groups is 1. The number of hydrogen-bond acceptors (Lipinski definition) is 4. The molecule has 5 heteroatoms. The number of rotatable bonds is 3. The van der Waals surface area contributed by atoms with E-state index in [1.165, 1.54) is 0 Å². The van der Waals surface area contributed by atoms with Gasteiger partial charge in [0, 0.05) is 35.8 Å². The lowest BCUT2D eigenvalue weighted by atomic mass is 10.1. The maximum Gasteiger partial charge on any atom is 0.165 e. The number of aromatic nitrogens is 3. The van der Waals surface area contributed by atoms with Crippen LogP contribution in [0, 0.1) is 0 Å². The zero-order valence-corrected chi connectivity index (χ0v) is 11.0. The lowest BCUT2D eigenvalue weighted by Crippen LogP contribution is -1.88. The fourth-order valence-electron chi connectivity index (χ4n) is 2.09. The van der Waals surface area contributed by atoms with Gasteiger partial charge in [-0.2, -0.15) is 0 Å². The molecule has 0 spiro atoms. The number of benzene rings is 1. The Morgan fingerprint density at radius 3 is 2.94 bits per heavy atom. The topological polar surface area (TPSA) is 50.8 Å². The molecule has 92 valence electrons. The van der Waals surface area contributed by atoms with Crippen molar-refractivity contribution in [3.8, 4) is 0 Å². The lowest BCUT2D eigenvalue weighted by Gasteiger charge is -2.03. The van der Waals surface area contributed by atoms with Crippen molar-refractivity contribution < 1.29 is 4.74 Å². The number of aromatic amines is 1. The number of H-pyrrole nitrogens is 1. The number of fused-ring (bicyclic) bond motifs is 3. The number of methoxy groups -OCH3 is 1. The van der Waals surface area contributed by atoms with Gasteiger partial charge in [0.15, 0.2) is 5.16 Å². The Morgan fingerprint density at radius 2 is 2.17 bits per heavy atom. The van der Waals surface area contributed by atoms with E-state index in [0.29, 0.717) is 6.61 Å². The van der Waals surface area contributed by atoms with Gasteiger partial charge in [-0.25, -0.2) is 4.98 Å². The van der Waals surface area contributed by atoms with Gasteiger partial charge < -0.3 is 9.72 Å². The summed E-state index contributed by atoms with van der Waals surface area (Å²) >= 11 is 1.59. The van der Waals surface area contributed by atoms with Crippen molar-refractivity contribution in [2.24, 2.45) is 0 Å². The van der Waals surface area contributed by atoms with E-state index in [-0.39, 0.29) is 0 Å². The van der Waals surface area contributed by atoms with Crippen molar-refractivity contribution in [1.29, 1.82) is 0 Å². The Kier molecular flexibility index (Phi) is 2.93. The second-order valence-corrected chi connectivity index (χ2v) is 4.83. The summed E-state index contributed by atoms with van der Waals surface area (Å²) in [6, 6.07) is 4.14. The van der Waals surface area contributed by atoms with Crippen LogP contribution in [0.25, 0.3) is 21.8 Å². The van der Waals surface area contributed by atoms with Crippen LogP contribution in [0.5, 0.6) is 0 Å². The lowest BCUT2D eigenvalue weighted by molar-refractivity contribution is 0.186. The molecule has 1 N–H and O–H groups in total. The average molecular weight is 259 g/mol. The van der Waals surface area contributed by atoms with Gasteiger partial charge in [-0.05, 0) is 6.26 Å². The first-order valence-electron chi connectivity index (χ1n) is 5.61. The van der Waals surface area contributed by atoms with Gasteiger partial charge in [-0.1, -0.05) is 23.9 Å². The highest BCUT2D eigenvalue weighted by Gasteiger charge is 2.09. The van der Waals surface area contributed by atoms with E-state index in [4.69, 9.17) is 4.74 Å². The van der Waals surface area contributed by atoms with E-state index >= 15 is 0 Å². The second kappa shape index (κ2) is 4.59. The van der Waals surface area contributed by atoms with Gasteiger partial charge in [-0.3, -0.25) is 4.98 Å². The van der Waals surface area contributed by atoms with Crippen LogP contribution in [0.1, 0.15) is 5.56 Å². The molecule has 0 amide bonds. The highest BCUT2D eigenvalue weighted by Crippen LogP contribution is 2.26. The van der Waals surface area contributed by atoms with E-state index in [1.54, 1.807) is 18.9 Å². The quantitative estimate of drug-likeness (QED) is 0.580. The first-order chi connectivity index (χ1) is 8.83. The second-order valence-electron chi connectivity index (χ2n) is 4.03. The summed E-state index contributed by atoms with van der Waals surface area (Å²) in [5, 5.41) is 3.10. The molecule has 0 unspecified atom stereocenters. The van der Waals surface area contributed by atoms with Crippen LogP contribution in [0.3, 0.4) is 0 Å². The molecule has 1 aromatic carbocycles. The maximum absolute atomic E-state index is 5.18. The van der Waals surface area contributed by atoms with E-state index in [1.807, 2.05) is 18.6 Å². The highest BCUT2D eigenvalue weighted by molar-refractivity contribution is 7.98. The number of nitrogens with one attached hydrogen (secondary N) is 1. The largest absolute Gasteiger partial charge is 0.380 e. The third-order valence-electron chi connectivity index (χ3n) is 2.95. The smallest absolute Gasteiger partial charge is 0.165 e. The van der Waals surface area contributed by atoms with E-state index in [2.05, 4.69) is 27.1 Å². The fraction of sp³-hybridized carbons (Fsp3) is 0.231. The van der Waals surface area contributed by atoms with E-state index in [9.17, 15) is 0 Å². The zero-order valence-electron chi connectivity index (χ0n) is 10.2. The molecule has 0 aliphatic carbocycles. The first kappa shape index (κ1) is 11.5. The van der Waals surface area contributed by atoms with Crippen LogP contribution in [-0.2, 0) is 11.3 Å². The molecule has 0 fully saturated rings. The van der Waals surface area contributed by atoms with Crippen LogP contribution in [0.15, 0.2) is 29.7 Å². The van der Waals surface area contributed by atoms with Crippen molar-refractivity contribution in [2.45, 2.75) is 11.8 Å². The SMILES string of the molecule is COCc1cnc2c1ccc1cnc(SC)[nH]c12. The third kappa shape index (κ3) is 1.76. The molecule has 3 aromatic rings. The monoisotopic (exact) mass is 259 g/mol. The summed E-state index contributed by atoms with van der Waals surface area (Å²) in [6.45, 7) is 0.586. The van der Waals surface area contributed by atoms with Crippen LogP contribution in [-0.4, -0.2) is 28.3 Å². The molecule has 4 nitrogen and oxygen atoms in total. The van der Waals surface area contributed by atoms with Crippen LogP contribution < -0.4 is 0 Å². The van der Waals surface area contributed by atoms with Crippen molar-refractivity contribution in [2.75, 3.05) is 13.4 Å². The third-order valence-corrected chi connectivity index (χ3v) is 3.55. The van der Waals surface area contributed by atoms with Gasteiger partial charge in [0.2, 0.25) is 0 Å². The number of hydrogen-bond donors (Lipinski definition) is 1. The fourth-order valence-corrected chi connectivity index (χ4v) is 2.45. The maximum atomic E-state index is 5.18. The molecular weight excluding hydrogens is 246 g/mol. The Balaban J connectivity index is 2.30. The normalized spacial score (nSPS) is 11.4. The summed E-state index contributed by atoms with van der Waals surface area (Å²) in [5.74, 6) is 0. The van der Waals surface area contributed by atoms with Gasteiger partial charge >= 0.3 is 0 Å². The van der Waals surface area contributed by atoms with Crippen LogP contribution in [0.2, 0.25) is 0 Å². The molecule has 0 atom stereocenters. The predicted octanol–water partition coefficient (Wildman–Crippen LogP) is 2.98. The van der Waals surface area contributed by atoms with Crippen LogP contribution in [0.4, 0.5) is 0 Å². The molecular formula is C13H13N3OS. The number of nitrogens with zero attached hydrogens (tertiary/aromatic N) is 2. The number of ether oxygens (including phenoxy) is 1. The van der Waals surface area contributed by atoms with Crippen molar-refractivity contribution in [1.82, 2.24) is 15.0 Å². The summed E-state index contributed by atoms with van der Waals surface area (Å²) in [6.07, 6.45) is 5.75. The Bertz CT molecular complexity index is 708. The minimum Gasteiger partial charge on any atom is -0.380 e. The highest BCUT2D eigenvalue weighted by atomic mass is 32.2. The molecule has 0 aliphatic rings. The van der Waals surface area contributed by atoms with Gasteiger partial charge in [0.1, 0.15) is 0 Å². The average Bonchev–Trinajstić information content (AvgIpc) is 2.82. The van der Waals surface area contributed by atoms with Crippen molar-refractivity contribution in [3.05, 3.63) is 30.1 Å². The molecule has 18 heavy (non-hydrogen) atoms. The molecule has 0 aliphatic heterocycles.